The summed E-state index contributed by atoms with van der Waals surface area (Å²) in [7, 11) is 0. The van der Waals surface area contributed by atoms with E-state index in [1.165, 1.54) is 17.8 Å². The molecule has 0 spiro atoms. The maximum Gasteiger partial charge on any atom is 0.257 e. The summed E-state index contributed by atoms with van der Waals surface area (Å²) in [5.74, 6) is 0.172. The molecule has 0 radical (unpaired) electrons. The number of anilines is 1. The third-order valence-electron chi connectivity index (χ3n) is 5.69. The summed E-state index contributed by atoms with van der Waals surface area (Å²) in [5.41, 5.74) is 3.13. The standard InChI is InChI=1S/C24H20FN3O2S/c25-16-10-5-4-9-15(16)13-31-24-27-22-21(23(30)28-24)19(14-7-2-1-3-8-14)20-17(26-22)11-6-12-18(20)29/h1-5,7-10,19H,6,11-13H2,(H2,26,27,28,30). The Morgan fingerprint density at radius 2 is 1.81 bits per heavy atom. The van der Waals surface area contributed by atoms with Crippen LogP contribution in [-0.4, -0.2) is 15.8 Å². The minimum Gasteiger partial charge on any atom is -0.343 e. The lowest BCUT2D eigenvalue weighted by Gasteiger charge is -2.32. The van der Waals surface area contributed by atoms with Crippen molar-refractivity contribution in [1.82, 2.24) is 9.97 Å². The van der Waals surface area contributed by atoms with Gasteiger partial charge >= 0.3 is 0 Å². The highest BCUT2D eigenvalue weighted by atomic mass is 32.2. The molecular weight excluding hydrogens is 413 g/mol. The van der Waals surface area contributed by atoms with Gasteiger partial charge in [0, 0.05) is 29.4 Å². The van der Waals surface area contributed by atoms with E-state index in [-0.39, 0.29) is 17.2 Å². The Kier molecular flexibility index (Phi) is 5.19. The number of ketones is 1. The Hall–Kier alpha value is -3.19. The number of rotatable bonds is 4. The molecular formula is C24H20FN3O2S. The molecule has 5 rings (SSSR count). The van der Waals surface area contributed by atoms with Crippen molar-refractivity contribution in [3.05, 3.63) is 98.7 Å². The van der Waals surface area contributed by atoms with Crippen molar-refractivity contribution in [3.63, 3.8) is 0 Å². The molecule has 0 saturated carbocycles. The van der Waals surface area contributed by atoms with E-state index in [1.54, 1.807) is 18.2 Å². The molecule has 2 N–H and O–H groups in total. The predicted molar refractivity (Wildman–Crippen MR) is 119 cm³/mol. The van der Waals surface area contributed by atoms with Crippen LogP contribution < -0.4 is 10.9 Å². The van der Waals surface area contributed by atoms with Crippen molar-refractivity contribution in [2.45, 2.75) is 36.1 Å². The molecule has 2 aliphatic rings. The lowest BCUT2D eigenvalue weighted by atomic mass is 9.76. The fourth-order valence-electron chi connectivity index (χ4n) is 4.25. The number of Topliss-reactive ketones (excluding diaryl/α,β-unsaturated/α-hetero) is 1. The van der Waals surface area contributed by atoms with Crippen LogP contribution in [0.15, 0.2) is 75.8 Å². The Morgan fingerprint density at radius 1 is 1.03 bits per heavy atom. The van der Waals surface area contributed by atoms with Crippen molar-refractivity contribution in [2.24, 2.45) is 0 Å². The van der Waals surface area contributed by atoms with Gasteiger partial charge in [0.15, 0.2) is 10.9 Å². The van der Waals surface area contributed by atoms with Gasteiger partial charge in [-0.05, 0) is 30.0 Å². The monoisotopic (exact) mass is 433 g/mol. The molecule has 0 saturated heterocycles. The molecule has 7 heteroatoms. The normalized spacial score (nSPS) is 17.7. The number of aromatic nitrogens is 2. The lowest BCUT2D eigenvalue weighted by molar-refractivity contribution is -0.116. The van der Waals surface area contributed by atoms with E-state index in [2.05, 4.69) is 15.3 Å². The Bertz CT molecular complexity index is 1250. The molecule has 1 atom stereocenters. The van der Waals surface area contributed by atoms with Crippen molar-refractivity contribution < 1.29 is 9.18 Å². The van der Waals surface area contributed by atoms with Crippen LogP contribution in [0.2, 0.25) is 0 Å². The van der Waals surface area contributed by atoms with Gasteiger partial charge in [-0.3, -0.25) is 9.59 Å². The van der Waals surface area contributed by atoms with Gasteiger partial charge in [0.1, 0.15) is 11.6 Å². The van der Waals surface area contributed by atoms with Crippen LogP contribution in [0.3, 0.4) is 0 Å². The van der Waals surface area contributed by atoms with E-state index in [0.29, 0.717) is 39.8 Å². The van der Waals surface area contributed by atoms with Gasteiger partial charge in [0.2, 0.25) is 0 Å². The average molecular weight is 434 g/mol. The van der Waals surface area contributed by atoms with E-state index >= 15 is 0 Å². The first-order chi connectivity index (χ1) is 15.1. The number of H-pyrrole nitrogens is 1. The molecule has 2 aromatic carbocycles. The van der Waals surface area contributed by atoms with Crippen LogP contribution in [-0.2, 0) is 10.5 Å². The van der Waals surface area contributed by atoms with Gasteiger partial charge < -0.3 is 10.3 Å². The fourth-order valence-corrected chi connectivity index (χ4v) is 5.10. The van der Waals surface area contributed by atoms with Crippen LogP contribution >= 0.6 is 11.8 Å². The van der Waals surface area contributed by atoms with Crippen molar-refractivity contribution >= 4 is 23.4 Å². The zero-order valence-corrected chi connectivity index (χ0v) is 17.5. The van der Waals surface area contributed by atoms with Crippen molar-refractivity contribution in [3.8, 4) is 0 Å². The minimum absolute atomic E-state index is 0.0747. The molecule has 1 aliphatic carbocycles. The first kappa shape index (κ1) is 19.8. The zero-order valence-electron chi connectivity index (χ0n) is 16.7. The Morgan fingerprint density at radius 3 is 2.61 bits per heavy atom. The smallest absolute Gasteiger partial charge is 0.257 e. The molecule has 5 nitrogen and oxygen atoms in total. The molecule has 2 heterocycles. The minimum atomic E-state index is -0.442. The highest BCUT2D eigenvalue weighted by molar-refractivity contribution is 7.98. The Balaban J connectivity index is 1.56. The summed E-state index contributed by atoms with van der Waals surface area (Å²) in [5, 5.41) is 3.67. The maximum atomic E-state index is 14.0. The summed E-state index contributed by atoms with van der Waals surface area (Å²) in [4.78, 5) is 33.5. The van der Waals surface area contributed by atoms with Gasteiger partial charge in [-0.15, -0.1) is 0 Å². The summed E-state index contributed by atoms with van der Waals surface area (Å²) in [6.45, 7) is 0. The second-order valence-electron chi connectivity index (χ2n) is 7.65. The first-order valence-electron chi connectivity index (χ1n) is 10.2. The van der Waals surface area contributed by atoms with Crippen LogP contribution in [0.5, 0.6) is 0 Å². The number of thioether (sulfide) groups is 1. The number of benzene rings is 2. The van der Waals surface area contributed by atoms with Crippen LogP contribution in [0, 0.1) is 5.82 Å². The molecule has 0 amide bonds. The number of aromatic amines is 1. The molecule has 0 fully saturated rings. The van der Waals surface area contributed by atoms with Crippen LogP contribution in [0.1, 0.15) is 41.9 Å². The number of carbonyl (C=O) groups excluding carboxylic acids is 1. The van der Waals surface area contributed by atoms with E-state index in [9.17, 15) is 14.0 Å². The number of hydrogen-bond acceptors (Lipinski definition) is 5. The molecule has 1 unspecified atom stereocenters. The van der Waals surface area contributed by atoms with E-state index in [1.807, 2.05) is 30.3 Å². The van der Waals surface area contributed by atoms with Gasteiger partial charge in [-0.2, -0.15) is 0 Å². The SMILES string of the molecule is O=C1CCCC2=C1C(c1ccccc1)c1c(nc(SCc3ccccc3F)[nH]c1=O)N2. The number of allylic oxidation sites excluding steroid dienone is 2. The summed E-state index contributed by atoms with van der Waals surface area (Å²) < 4.78 is 14.0. The van der Waals surface area contributed by atoms with Gasteiger partial charge in [-0.1, -0.05) is 60.3 Å². The predicted octanol–water partition coefficient (Wildman–Crippen LogP) is 4.77. The van der Waals surface area contributed by atoms with Gasteiger partial charge in [0.05, 0.1) is 5.56 Å². The molecule has 3 aromatic rings. The topological polar surface area (TPSA) is 74.8 Å². The molecule has 31 heavy (non-hydrogen) atoms. The van der Waals surface area contributed by atoms with Crippen LogP contribution in [0.4, 0.5) is 10.2 Å². The van der Waals surface area contributed by atoms with E-state index in [0.717, 1.165) is 24.1 Å². The highest BCUT2D eigenvalue weighted by Crippen LogP contribution is 2.43. The van der Waals surface area contributed by atoms with E-state index < -0.39 is 5.92 Å². The number of fused-ring (bicyclic) bond motifs is 1. The van der Waals surface area contributed by atoms with Crippen molar-refractivity contribution in [1.29, 1.82) is 0 Å². The lowest BCUT2D eigenvalue weighted by Crippen LogP contribution is -2.32. The molecule has 0 bridgehead atoms. The molecule has 1 aromatic heterocycles. The zero-order chi connectivity index (χ0) is 21.4. The number of nitrogens with zero attached hydrogens (tertiary/aromatic N) is 1. The third kappa shape index (κ3) is 3.70. The van der Waals surface area contributed by atoms with Gasteiger partial charge in [0.25, 0.3) is 5.56 Å². The van der Waals surface area contributed by atoms with Crippen molar-refractivity contribution in [2.75, 3.05) is 5.32 Å². The summed E-state index contributed by atoms with van der Waals surface area (Å²) >= 11 is 1.27. The molecule has 1 aliphatic heterocycles. The third-order valence-corrected chi connectivity index (χ3v) is 6.61. The number of hydrogen-bond donors (Lipinski definition) is 2. The first-order valence-corrected chi connectivity index (χ1v) is 11.2. The van der Waals surface area contributed by atoms with Gasteiger partial charge in [-0.25, -0.2) is 9.37 Å². The quantitative estimate of drug-likeness (QED) is 0.458. The Labute approximate surface area is 182 Å². The maximum absolute atomic E-state index is 14.0. The number of carbonyl (C=O) groups is 1. The summed E-state index contributed by atoms with van der Waals surface area (Å²) in [6.07, 6.45) is 2.01. The van der Waals surface area contributed by atoms with E-state index in [4.69, 9.17) is 0 Å². The largest absolute Gasteiger partial charge is 0.343 e. The summed E-state index contributed by atoms with van der Waals surface area (Å²) in [6, 6.07) is 16.2. The number of halogens is 1. The fraction of sp³-hybridized carbons (Fsp3) is 0.208. The molecule has 156 valence electrons. The second-order valence-corrected chi connectivity index (χ2v) is 8.62. The average Bonchev–Trinajstić information content (AvgIpc) is 2.78. The second kappa shape index (κ2) is 8.15. The highest BCUT2D eigenvalue weighted by Gasteiger charge is 2.37. The van der Waals surface area contributed by atoms with Crippen LogP contribution in [0.25, 0.3) is 0 Å². The number of nitrogens with one attached hydrogen (secondary N) is 2.